The van der Waals surface area contributed by atoms with Crippen molar-refractivity contribution in [3.63, 3.8) is 0 Å². The first kappa shape index (κ1) is 20.9. The number of nitrogens with one attached hydrogen (secondary N) is 3. The van der Waals surface area contributed by atoms with Crippen LogP contribution in [0.4, 0.5) is 10.1 Å². The van der Waals surface area contributed by atoms with Crippen molar-refractivity contribution in [2.45, 2.75) is 19.4 Å². The van der Waals surface area contributed by atoms with Crippen LogP contribution in [0.5, 0.6) is 0 Å². The van der Waals surface area contributed by atoms with E-state index in [1.165, 1.54) is 12.1 Å². The lowest BCUT2D eigenvalue weighted by Gasteiger charge is -2.20. The Hall–Kier alpha value is -2.44. The number of carbonyl (C=O) groups is 2. The first-order chi connectivity index (χ1) is 12.9. The van der Waals surface area contributed by atoms with Crippen molar-refractivity contribution < 1.29 is 18.9 Å². The van der Waals surface area contributed by atoms with Crippen molar-refractivity contribution in [1.82, 2.24) is 5.32 Å². The number of halogens is 2. The van der Waals surface area contributed by atoms with Crippen LogP contribution in [-0.2, 0) is 16.0 Å². The van der Waals surface area contributed by atoms with Gasteiger partial charge in [0.05, 0.1) is 17.8 Å². The summed E-state index contributed by atoms with van der Waals surface area (Å²) in [6.07, 6.45) is 0.616. The Kier molecular flexibility index (Phi) is 7.76. The summed E-state index contributed by atoms with van der Waals surface area (Å²) < 4.78 is 12.9. The molecule has 2 amide bonds. The van der Waals surface area contributed by atoms with Crippen LogP contribution in [0.3, 0.4) is 0 Å². The largest absolute Gasteiger partial charge is 0.351 e. The Balaban J connectivity index is 1.76. The molecule has 5 nitrogen and oxygen atoms in total. The van der Waals surface area contributed by atoms with Crippen molar-refractivity contribution in [2.24, 2.45) is 0 Å². The minimum Gasteiger partial charge on any atom is -0.351 e. The smallest absolute Gasteiger partial charge is 0.279 e. The number of likely N-dealkylation sites (N-methyl/N-ethyl adjacent to an activating group) is 1. The summed E-state index contributed by atoms with van der Waals surface area (Å²) in [6.45, 7) is 2.36. The second-order valence-electron chi connectivity index (χ2n) is 6.44. The first-order valence-corrected chi connectivity index (χ1v) is 9.13. The van der Waals surface area contributed by atoms with E-state index in [-0.39, 0.29) is 24.2 Å². The number of carbonyl (C=O) groups excluding carboxylic acids is 2. The summed E-state index contributed by atoms with van der Waals surface area (Å²) in [4.78, 5) is 25.2. The van der Waals surface area contributed by atoms with Gasteiger partial charge in [-0.2, -0.15) is 0 Å². The predicted octanol–water partition coefficient (Wildman–Crippen LogP) is 1.68. The molecular weight excluding hydrogens is 369 g/mol. The highest BCUT2D eigenvalue weighted by Crippen LogP contribution is 2.19. The fraction of sp³-hybridized carbons (Fsp3) is 0.300. The molecular formula is C20H24ClFN3O2+. The van der Waals surface area contributed by atoms with Crippen LogP contribution >= 0.6 is 11.6 Å². The molecule has 2 aromatic carbocycles. The highest BCUT2D eigenvalue weighted by Gasteiger charge is 2.23. The summed E-state index contributed by atoms with van der Waals surface area (Å²) in [5.41, 5.74) is 1.50. The van der Waals surface area contributed by atoms with E-state index in [0.29, 0.717) is 23.7 Å². The highest BCUT2D eigenvalue weighted by atomic mass is 35.5. The molecule has 3 N–H and O–H groups in total. The Labute approximate surface area is 163 Å². The molecule has 0 aliphatic heterocycles. The molecule has 7 heteroatoms. The van der Waals surface area contributed by atoms with Gasteiger partial charge in [0.1, 0.15) is 5.82 Å². The van der Waals surface area contributed by atoms with E-state index in [1.807, 2.05) is 0 Å². The van der Waals surface area contributed by atoms with E-state index in [9.17, 15) is 14.0 Å². The summed E-state index contributed by atoms with van der Waals surface area (Å²) in [5, 5.41) is 6.07. The Bertz CT molecular complexity index is 783. The van der Waals surface area contributed by atoms with Crippen molar-refractivity contribution in [2.75, 3.05) is 25.5 Å². The van der Waals surface area contributed by atoms with Gasteiger partial charge in [0.25, 0.3) is 11.8 Å². The number of hydrogen-bond donors (Lipinski definition) is 3. The molecule has 1 unspecified atom stereocenters. The molecule has 2 atom stereocenters. The van der Waals surface area contributed by atoms with Crippen LogP contribution in [0.25, 0.3) is 0 Å². The zero-order valence-corrected chi connectivity index (χ0v) is 16.1. The zero-order valence-electron chi connectivity index (χ0n) is 15.4. The minimum atomic E-state index is -0.393. The van der Waals surface area contributed by atoms with Gasteiger partial charge in [-0.25, -0.2) is 4.39 Å². The van der Waals surface area contributed by atoms with Crippen molar-refractivity contribution in [1.29, 1.82) is 0 Å². The predicted molar refractivity (Wildman–Crippen MR) is 104 cm³/mol. The molecule has 2 rings (SSSR count). The van der Waals surface area contributed by atoms with E-state index >= 15 is 0 Å². The number of quaternary nitrogens is 1. The summed E-state index contributed by atoms with van der Waals surface area (Å²) in [5.74, 6) is -0.636. The molecule has 0 saturated carbocycles. The maximum absolute atomic E-state index is 12.9. The van der Waals surface area contributed by atoms with Crippen LogP contribution in [0.1, 0.15) is 12.5 Å². The maximum Gasteiger partial charge on any atom is 0.279 e. The fourth-order valence-electron chi connectivity index (χ4n) is 2.52. The molecule has 0 spiro atoms. The Morgan fingerprint density at radius 3 is 2.48 bits per heavy atom. The van der Waals surface area contributed by atoms with Gasteiger partial charge < -0.3 is 15.5 Å². The van der Waals surface area contributed by atoms with E-state index in [1.54, 1.807) is 50.4 Å². The third-order valence-electron chi connectivity index (χ3n) is 4.35. The number of amides is 2. The average molecular weight is 393 g/mol. The molecule has 0 heterocycles. The number of para-hydroxylation sites is 1. The zero-order chi connectivity index (χ0) is 19.8. The van der Waals surface area contributed by atoms with Crippen LogP contribution in [0.2, 0.25) is 5.02 Å². The van der Waals surface area contributed by atoms with E-state index in [2.05, 4.69) is 10.6 Å². The number of hydrogen-bond acceptors (Lipinski definition) is 2. The maximum atomic E-state index is 12.9. The van der Waals surface area contributed by atoms with Crippen LogP contribution < -0.4 is 15.5 Å². The van der Waals surface area contributed by atoms with Crippen LogP contribution in [0, 0.1) is 5.82 Å². The quantitative estimate of drug-likeness (QED) is 0.640. The van der Waals surface area contributed by atoms with Crippen LogP contribution in [0.15, 0.2) is 48.5 Å². The highest BCUT2D eigenvalue weighted by molar-refractivity contribution is 6.33. The average Bonchev–Trinajstić information content (AvgIpc) is 2.64. The second-order valence-corrected chi connectivity index (χ2v) is 6.85. The first-order valence-electron chi connectivity index (χ1n) is 8.75. The SMILES string of the molecule is C[C@@H](C(=O)NCCc1ccc(F)cc1)[NH+](C)CC(=O)Nc1ccccc1Cl. The minimum absolute atomic E-state index is 0.137. The molecule has 0 bridgehead atoms. The van der Waals surface area contributed by atoms with Gasteiger partial charge in [-0.3, -0.25) is 9.59 Å². The molecule has 27 heavy (non-hydrogen) atoms. The molecule has 0 saturated heterocycles. The lowest BCUT2D eigenvalue weighted by molar-refractivity contribution is -0.885. The Morgan fingerprint density at radius 1 is 1.15 bits per heavy atom. The fourth-order valence-corrected chi connectivity index (χ4v) is 2.70. The lowest BCUT2D eigenvalue weighted by atomic mass is 10.1. The van der Waals surface area contributed by atoms with Crippen LogP contribution in [-0.4, -0.2) is 38.0 Å². The van der Waals surface area contributed by atoms with Crippen molar-refractivity contribution in [3.05, 3.63) is 64.9 Å². The third-order valence-corrected chi connectivity index (χ3v) is 4.68. The van der Waals surface area contributed by atoms with Gasteiger partial charge in [-0.1, -0.05) is 35.9 Å². The molecule has 0 fully saturated rings. The third kappa shape index (κ3) is 6.66. The van der Waals surface area contributed by atoms with Gasteiger partial charge in [0.15, 0.2) is 12.6 Å². The van der Waals surface area contributed by atoms with E-state index in [0.717, 1.165) is 10.5 Å². The van der Waals surface area contributed by atoms with Gasteiger partial charge in [-0.15, -0.1) is 0 Å². The summed E-state index contributed by atoms with van der Waals surface area (Å²) in [7, 11) is 1.79. The summed E-state index contributed by atoms with van der Waals surface area (Å²) in [6, 6.07) is 12.8. The van der Waals surface area contributed by atoms with Crippen molar-refractivity contribution in [3.8, 4) is 0 Å². The van der Waals surface area contributed by atoms with Gasteiger partial charge >= 0.3 is 0 Å². The number of benzene rings is 2. The Morgan fingerprint density at radius 2 is 1.81 bits per heavy atom. The molecule has 144 valence electrons. The molecule has 0 radical (unpaired) electrons. The molecule has 0 aliphatic carbocycles. The van der Waals surface area contributed by atoms with Crippen molar-refractivity contribution >= 4 is 29.1 Å². The second kappa shape index (κ2) is 10.0. The summed E-state index contributed by atoms with van der Waals surface area (Å²) >= 11 is 6.03. The molecule has 0 aromatic heterocycles. The monoisotopic (exact) mass is 392 g/mol. The van der Waals surface area contributed by atoms with Gasteiger partial charge in [0, 0.05) is 6.54 Å². The standard InChI is InChI=1S/C20H23ClFN3O2/c1-14(20(27)23-12-11-15-7-9-16(22)10-8-15)25(2)13-19(26)24-18-6-4-3-5-17(18)21/h3-10,14H,11-13H2,1-2H3,(H,23,27)(H,24,26)/p+1/t14-/m0/s1. The van der Waals surface area contributed by atoms with Gasteiger partial charge in [0.2, 0.25) is 0 Å². The topological polar surface area (TPSA) is 62.6 Å². The van der Waals surface area contributed by atoms with E-state index in [4.69, 9.17) is 11.6 Å². The van der Waals surface area contributed by atoms with E-state index < -0.39 is 6.04 Å². The molecule has 0 aliphatic rings. The lowest BCUT2D eigenvalue weighted by Crippen LogP contribution is -3.15. The normalized spacial score (nSPS) is 12.9. The number of anilines is 1. The number of rotatable bonds is 8. The van der Waals surface area contributed by atoms with Gasteiger partial charge in [-0.05, 0) is 43.2 Å². The molecule has 2 aromatic rings.